The predicted octanol–water partition coefficient (Wildman–Crippen LogP) is 1.62. The maximum Gasteiger partial charge on any atom is 0.191 e. The summed E-state index contributed by atoms with van der Waals surface area (Å²) in [6, 6.07) is 8.14. The van der Waals surface area contributed by atoms with E-state index >= 15 is 0 Å². The van der Waals surface area contributed by atoms with E-state index in [1.165, 1.54) is 0 Å². The van der Waals surface area contributed by atoms with E-state index in [-0.39, 0.29) is 6.54 Å². The normalized spacial score (nSPS) is 14.2. The quantitative estimate of drug-likeness (QED) is 0.312. The van der Waals surface area contributed by atoms with Crippen LogP contribution in [0.2, 0.25) is 0 Å². The summed E-state index contributed by atoms with van der Waals surface area (Å²) in [5, 5.41) is 21.4. The van der Waals surface area contributed by atoms with E-state index < -0.39 is 5.60 Å². The number of nitrogens with one attached hydrogen (secondary N) is 2. The SMILES string of the molecule is CCNC(=NCC(C)(O)c1cnn(C)c1)NCCCn1cnc2ccccc21. The first kappa shape index (κ1) is 19.9. The second-order valence-corrected chi connectivity index (χ2v) is 7.08. The molecule has 1 aromatic carbocycles. The Bertz CT molecular complexity index is 925. The van der Waals surface area contributed by atoms with Crippen molar-refractivity contribution in [1.29, 1.82) is 0 Å². The summed E-state index contributed by atoms with van der Waals surface area (Å²) in [6.07, 6.45) is 6.30. The summed E-state index contributed by atoms with van der Waals surface area (Å²) in [5.41, 5.74) is 1.85. The zero-order valence-corrected chi connectivity index (χ0v) is 16.8. The first-order valence-corrected chi connectivity index (χ1v) is 9.63. The molecule has 2 heterocycles. The summed E-state index contributed by atoms with van der Waals surface area (Å²) in [7, 11) is 1.83. The van der Waals surface area contributed by atoms with E-state index in [4.69, 9.17) is 0 Å². The second kappa shape index (κ2) is 8.88. The lowest BCUT2D eigenvalue weighted by molar-refractivity contribution is 0.0672. The summed E-state index contributed by atoms with van der Waals surface area (Å²) in [6.45, 7) is 6.43. The lowest BCUT2D eigenvalue weighted by atomic mass is 10.0. The summed E-state index contributed by atoms with van der Waals surface area (Å²) in [5.74, 6) is 0.696. The predicted molar refractivity (Wildman–Crippen MR) is 111 cm³/mol. The molecule has 3 N–H and O–H groups in total. The zero-order valence-electron chi connectivity index (χ0n) is 16.8. The van der Waals surface area contributed by atoms with Gasteiger partial charge in [0.2, 0.25) is 0 Å². The fraction of sp³-hybridized carbons (Fsp3) is 0.450. The van der Waals surface area contributed by atoms with Gasteiger partial charge < -0.3 is 20.3 Å². The van der Waals surface area contributed by atoms with Crippen molar-refractivity contribution >= 4 is 17.0 Å². The fourth-order valence-corrected chi connectivity index (χ4v) is 3.01. The van der Waals surface area contributed by atoms with Crippen molar-refractivity contribution in [3.05, 3.63) is 48.5 Å². The van der Waals surface area contributed by atoms with Gasteiger partial charge >= 0.3 is 0 Å². The van der Waals surface area contributed by atoms with Crippen LogP contribution in [0.5, 0.6) is 0 Å². The molecule has 0 aliphatic carbocycles. The lowest BCUT2D eigenvalue weighted by Crippen LogP contribution is -2.39. The highest BCUT2D eigenvalue weighted by atomic mass is 16.3. The van der Waals surface area contributed by atoms with Gasteiger partial charge in [0.1, 0.15) is 5.60 Å². The van der Waals surface area contributed by atoms with Crippen molar-refractivity contribution in [3.63, 3.8) is 0 Å². The van der Waals surface area contributed by atoms with Gasteiger partial charge in [-0.05, 0) is 32.4 Å². The van der Waals surface area contributed by atoms with Crippen LogP contribution in [0.25, 0.3) is 11.0 Å². The van der Waals surface area contributed by atoms with Crippen LogP contribution in [-0.4, -0.2) is 50.0 Å². The number of imidazole rings is 1. The molecule has 0 bridgehead atoms. The van der Waals surface area contributed by atoms with Gasteiger partial charge in [-0.25, -0.2) is 9.98 Å². The Hall–Kier alpha value is -2.87. The molecule has 1 atom stereocenters. The number of aromatic nitrogens is 4. The zero-order chi connectivity index (χ0) is 20.0. The van der Waals surface area contributed by atoms with Crippen molar-refractivity contribution in [2.45, 2.75) is 32.4 Å². The molecular formula is C20H29N7O. The van der Waals surface area contributed by atoms with E-state index in [0.29, 0.717) is 5.96 Å². The molecule has 0 spiro atoms. The third kappa shape index (κ3) is 4.89. The molecule has 0 saturated heterocycles. The van der Waals surface area contributed by atoms with Gasteiger partial charge in [-0.1, -0.05) is 12.1 Å². The molecule has 3 aromatic rings. The van der Waals surface area contributed by atoms with E-state index in [0.717, 1.165) is 42.7 Å². The molecule has 8 heteroatoms. The molecule has 0 radical (unpaired) electrons. The minimum atomic E-state index is -1.06. The number of aliphatic hydroxyl groups is 1. The fourth-order valence-electron chi connectivity index (χ4n) is 3.01. The molecule has 0 aliphatic heterocycles. The average molecular weight is 384 g/mol. The summed E-state index contributed by atoms with van der Waals surface area (Å²) in [4.78, 5) is 8.96. The summed E-state index contributed by atoms with van der Waals surface area (Å²) >= 11 is 0. The number of benzene rings is 1. The molecule has 3 rings (SSSR count). The number of hydrogen-bond donors (Lipinski definition) is 3. The van der Waals surface area contributed by atoms with Gasteiger partial charge in [0.05, 0.1) is 30.1 Å². The van der Waals surface area contributed by atoms with E-state index in [2.05, 4.69) is 36.3 Å². The van der Waals surface area contributed by atoms with Crippen molar-refractivity contribution in [2.24, 2.45) is 12.0 Å². The number of fused-ring (bicyclic) bond motifs is 1. The number of nitrogens with zero attached hydrogens (tertiary/aromatic N) is 5. The van der Waals surface area contributed by atoms with Crippen LogP contribution in [0.4, 0.5) is 0 Å². The maximum atomic E-state index is 10.7. The molecule has 0 aliphatic rings. The van der Waals surface area contributed by atoms with Crippen LogP contribution >= 0.6 is 0 Å². The standard InChI is InChI=1S/C20H29N7O/c1-4-21-19(23-14-20(2,28)16-12-25-26(3)13-16)22-10-7-11-27-15-24-17-8-5-6-9-18(17)27/h5-6,8-9,12-13,15,28H,4,7,10-11,14H2,1-3H3,(H2,21,22,23). The number of aliphatic imine (C=N–C) groups is 1. The van der Waals surface area contributed by atoms with Crippen molar-refractivity contribution in [2.75, 3.05) is 19.6 Å². The minimum Gasteiger partial charge on any atom is -0.383 e. The average Bonchev–Trinajstić information content (AvgIpc) is 3.30. The maximum absolute atomic E-state index is 10.7. The topological polar surface area (TPSA) is 92.3 Å². The monoisotopic (exact) mass is 383 g/mol. The second-order valence-electron chi connectivity index (χ2n) is 7.08. The molecule has 150 valence electrons. The summed E-state index contributed by atoms with van der Waals surface area (Å²) < 4.78 is 3.84. The Labute approximate surface area is 165 Å². The van der Waals surface area contributed by atoms with Crippen LogP contribution in [0.1, 0.15) is 25.8 Å². The highest BCUT2D eigenvalue weighted by Crippen LogP contribution is 2.19. The smallest absolute Gasteiger partial charge is 0.191 e. The van der Waals surface area contributed by atoms with Crippen LogP contribution < -0.4 is 10.6 Å². The number of aryl methyl sites for hydroxylation is 2. The Kier molecular flexibility index (Phi) is 6.30. The highest BCUT2D eigenvalue weighted by molar-refractivity contribution is 5.79. The van der Waals surface area contributed by atoms with Crippen molar-refractivity contribution in [3.8, 4) is 0 Å². The van der Waals surface area contributed by atoms with Crippen LogP contribution in [0.15, 0.2) is 48.0 Å². The number of rotatable bonds is 8. The number of guanidine groups is 1. The minimum absolute atomic E-state index is 0.250. The Morgan fingerprint density at radius 3 is 2.86 bits per heavy atom. The lowest BCUT2D eigenvalue weighted by Gasteiger charge is -2.20. The van der Waals surface area contributed by atoms with Crippen molar-refractivity contribution in [1.82, 2.24) is 30.0 Å². The molecule has 0 fully saturated rings. The van der Waals surface area contributed by atoms with Gasteiger partial charge in [-0.2, -0.15) is 5.10 Å². The van der Waals surface area contributed by atoms with Gasteiger partial charge in [0.15, 0.2) is 5.96 Å². The van der Waals surface area contributed by atoms with Crippen LogP contribution in [-0.2, 0) is 19.2 Å². The Balaban J connectivity index is 1.53. The Morgan fingerprint density at radius 2 is 2.11 bits per heavy atom. The first-order valence-electron chi connectivity index (χ1n) is 9.63. The van der Waals surface area contributed by atoms with E-state index in [1.807, 2.05) is 44.7 Å². The van der Waals surface area contributed by atoms with Gasteiger partial charge in [-0.15, -0.1) is 0 Å². The molecular weight excluding hydrogens is 354 g/mol. The molecule has 28 heavy (non-hydrogen) atoms. The molecule has 8 nitrogen and oxygen atoms in total. The van der Waals surface area contributed by atoms with E-state index in [9.17, 15) is 5.11 Å². The highest BCUT2D eigenvalue weighted by Gasteiger charge is 2.24. The molecule has 0 amide bonds. The first-order chi connectivity index (χ1) is 13.5. The van der Waals surface area contributed by atoms with E-state index in [1.54, 1.807) is 17.8 Å². The van der Waals surface area contributed by atoms with Crippen LogP contribution in [0, 0.1) is 0 Å². The molecule has 0 saturated carbocycles. The van der Waals surface area contributed by atoms with Crippen LogP contribution in [0.3, 0.4) is 0 Å². The van der Waals surface area contributed by atoms with Crippen molar-refractivity contribution < 1.29 is 5.11 Å². The largest absolute Gasteiger partial charge is 0.383 e. The number of para-hydroxylation sites is 2. The van der Waals surface area contributed by atoms with Gasteiger partial charge in [-0.3, -0.25) is 4.68 Å². The Morgan fingerprint density at radius 1 is 1.29 bits per heavy atom. The molecule has 1 unspecified atom stereocenters. The third-order valence-corrected chi connectivity index (χ3v) is 4.61. The van der Waals surface area contributed by atoms with Gasteiger partial charge in [0.25, 0.3) is 0 Å². The third-order valence-electron chi connectivity index (χ3n) is 4.61. The number of hydrogen-bond acceptors (Lipinski definition) is 4. The van der Waals surface area contributed by atoms with Gasteiger partial charge in [0, 0.05) is 38.4 Å². The molecule has 2 aromatic heterocycles.